The molecule has 0 N–H and O–H groups in total. The second kappa shape index (κ2) is 6.22. The molecule has 0 aliphatic carbocycles. The summed E-state index contributed by atoms with van der Waals surface area (Å²) in [5, 5.41) is 6.45. The lowest BCUT2D eigenvalue weighted by atomic mass is 10.2. The zero-order chi connectivity index (χ0) is 16.7. The molecular formula is C18H18ClN3OS. The van der Waals surface area contributed by atoms with Gasteiger partial charge in [0, 0.05) is 23.5 Å². The molecule has 4 nitrogen and oxygen atoms in total. The highest BCUT2D eigenvalue weighted by Crippen LogP contribution is 2.30. The van der Waals surface area contributed by atoms with E-state index in [0.717, 1.165) is 57.3 Å². The Bertz CT molecular complexity index is 891. The summed E-state index contributed by atoms with van der Waals surface area (Å²) in [4.78, 5) is 16.5. The van der Waals surface area contributed by atoms with E-state index in [2.05, 4.69) is 5.10 Å². The minimum atomic E-state index is 0.158. The second-order valence-electron chi connectivity index (χ2n) is 6.20. The third-order valence-corrected chi connectivity index (χ3v) is 5.85. The summed E-state index contributed by atoms with van der Waals surface area (Å²) in [6, 6.07) is 9.80. The lowest BCUT2D eigenvalue weighted by molar-refractivity contribution is 0.0797. The van der Waals surface area contributed by atoms with E-state index in [1.807, 2.05) is 46.8 Å². The van der Waals surface area contributed by atoms with Gasteiger partial charge in [-0.05, 0) is 43.5 Å². The molecule has 1 aliphatic rings. The fourth-order valence-electron chi connectivity index (χ4n) is 3.16. The Balaban J connectivity index is 1.66. The highest BCUT2D eigenvalue weighted by atomic mass is 35.5. The van der Waals surface area contributed by atoms with Gasteiger partial charge in [0.2, 0.25) is 0 Å². The molecule has 1 aromatic carbocycles. The van der Waals surface area contributed by atoms with Crippen LogP contribution in [-0.4, -0.2) is 33.7 Å². The van der Waals surface area contributed by atoms with Gasteiger partial charge in [0.15, 0.2) is 0 Å². The Labute approximate surface area is 149 Å². The highest BCUT2D eigenvalue weighted by molar-refractivity contribution is 7.20. The smallest absolute Gasteiger partial charge is 0.264 e. The molecule has 0 bridgehead atoms. The number of likely N-dealkylation sites (tertiary alicyclic amines) is 1. The Hall–Kier alpha value is -1.85. The lowest BCUT2D eigenvalue weighted by Gasteiger charge is -2.13. The largest absolute Gasteiger partial charge is 0.338 e. The predicted octanol–water partition coefficient (Wildman–Crippen LogP) is 4.34. The van der Waals surface area contributed by atoms with Crippen LogP contribution in [0.1, 0.15) is 33.8 Å². The van der Waals surface area contributed by atoms with Crippen molar-refractivity contribution in [1.82, 2.24) is 14.7 Å². The van der Waals surface area contributed by atoms with Crippen LogP contribution in [0.5, 0.6) is 0 Å². The van der Waals surface area contributed by atoms with Crippen LogP contribution in [0.2, 0.25) is 5.02 Å². The van der Waals surface area contributed by atoms with Crippen LogP contribution in [0, 0.1) is 6.92 Å². The normalized spacial score (nSPS) is 14.7. The van der Waals surface area contributed by atoms with Crippen molar-refractivity contribution in [3.8, 4) is 0 Å². The van der Waals surface area contributed by atoms with Crippen LogP contribution in [0.15, 0.2) is 30.3 Å². The van der Waals surface area contributed by atoms with Gasteiger partial charge in [-0.1, -0.05) is 23.7 Å². The second-order valence-corrected chi connectivity index (χ2v) is 7.67. The maximum atomic E-state index is 12.6. The van der Waals surface area contributed by atoms with Crippen molar-refractivity contribution < 1.29 is 4.79 Å². The number of carbonyl (C=O) groups is 1. The maximum absolute atomic E-state index is 12.6. The van der Waals surface area contributed by atoms with Crippen molar-refractivity contribution in [3.63, 3.8) is 0 Å². The average molecular weight is 360 g/mol. The summed E-state index contributed by atoms with van der Waals surface area (Å²) in [5.41, 5.74) is 2.11. The molecule has 24 heavy (non-hydrogen) atoms. The molecule has 0 saturated carbocycles. The molecule has 0 unspecified atom stereocenters. The van der Waals surface area contributed by atoms with Crippen molar-refractivity contribution in [3.05, 3.63) is 51.5 Å². The van der Waals surface area contributed by atoms with Crippen molar-refractivity contribution in [2.24, 2.45) is 0 Å². The number of carbonyl (C=O) groups excluding carboxylic acids is 1. The van der Waals surface area contributed by atoms with Gasteiger partial charge in [-0.25, -0.2) is 0 Å². The number of nitrogens with zero attached hydrogens (tertiary/aromatic N) is 3. The fourth-order valence-corrected chi connectivity index (χ4v) is 4.42. The van der Waals surface area contributed by atoms with Gasteiger partial charge in [0.25, 0.3) is 5.91 Å². The minimum Gasteiger partial charge on any atom is -0.338 e. The number of aryl methyl sites for hydroxylation is 1. The van der Waals surface area contributed by atoms with Gasteiger partial charge in [0.1, 0.15) is 4.83 Å². The van der Waals surface area contributed by atoms with Gasteiger partial charge in [-0.3, -0.25) is 9.48 Å². The third kappa shape index (κ3) is 2.82. The van der Waals surface area contributed by atoms with E-state index in [9.17, 15) is 4.79 Å². The van der Waals surface area contributed by atoms with Crippen molar-refractivity contribution in [2.75, 3.05) is 13.1 Å². The molecule has 3 aromatic rings. The number of fused-ring (bicyclic) bond motifs is 1. The molecule has 1 aliphatic heterocycles. The Morgan fingerprint density at radius 3 is 2.67 bits per heavy atom. The van der Waals surface area contributed by atoms with Crippen LogP contribution in [0.3, 0.4) is 0 Å². The van der Waals surface area contributed by atoms with E-state index < -0.39 is 0 Å². The van der Waals surface area contributed by atoms with E-state index in [1.165, 1.54) is 0 Å². The molecule has 1 fully saturated rings. The summed E-state index contributed by atoms with van der Waals surface area (Å²) in [6.07, 6.45) is 2.22. The number of hydrogen-bond donors (Lipinski definition) is 0. The topological polar surface area (TPSA) is 38.1 Å². The molecule has 0 spiro atoms. The zero-order valence-corrected chi connectivity index (χ0v) is 15.0. The van der Waals surface area contributed by atoms with E-state index in [-0.39, 0.29) is 5.91 Å². The summed E-state index contributed by atoms with van der Waals surface area (Å²) in [7, 11) is 0. The molecule has 3 heterocycles. The number of benzene rings is 1. The molecule has 1 amide bonds. The van der Waals surface area contributed by atoms with Gasteiger partial charge in [-0.15, -0.1) is 11.3 Å². The molecule has 2 aromatic heterocycles. The lowest BCUT2D eigenvalue weighted by Crippen LogP contribution is -2.26. The van der Waals surface area contributed by atoms with Crippen molar-refractivity contribution >= 4 is 39.1 Å². The zero-order valence-electron chi connectivity index (χ0n) is 13.5. The first-order valence-corrected chi connectivity index (χ1v) is 9.32. The number of hydrogen-bond acceptors (Lipinski definition) is 3. The van der Waals surface area contributed by atoms with E-state index in [0.29, 0.717) is 6.54 Å². The van der Waals surface area contributed by atoms with Crippen molar-refractivity contribution in [2.45, 2.75) is 26.3 Å². The number of rotatable bonds is 3. The van der Waals surface area contributed by atoms with Gasteiger partial charge < -0.3 is 4.90 Å². The summed E-state index contributed by atoms with van der Waals surface area (Å²) in [5.74, 6) is 0.158. The number of halogens is 1. The summed E-state index contributed by atoms with van der Waals surface area (Å²) < 4.78 is 1.99. The van der Waals surface area contributed by atoms with Crippen LogP contribution >= 0.6 is 22.9 Å². The van der Waals surface area contributed by atoms with Gasteiger partial charge >= 0.3 is 0 Å². The van der Waals surface area contributed by atoms with Crippen molar-refractivity contribution in [1.29, 1.82) is 0 Å². The SMILES string of the molecule is Cc1nn(Cc2ccc(Cl)cc2)c2sc(C(=O)N3CCCC3)cc12. The first-order valence-electron chi connectivity index (χ1n) is 8.12. The molecule has 124 valence electrons. The molecular weight excluding hydrogens is 342 g/mol. The van der Waals surface area contributed by atoms with E-state index >= 15 is 0 Å². The first kappa shape index (κ1) is 15.7. The van der Waals surface area contributed by atoms with Gasteiger partial charge in [-0.2, -0.15) is 5.10 Å². The monoisotopic (exact) mass is 359 g/mol. The fraction of sp³-hybridized carbons (Fsp3) is 0.333. The Kier molecular flexibility index (Phi) is 4.06. The number of amides is 1. The Morgan fingerprint density at radius 2 is 1.96 bits per heavy atom. The molecule has 1 saturated heterocycles. The van der Waals surface area contributed by atoms with E-state index in [4.69, 9.17) is 11.6 Å². The van der Waals surface area contributed by atoms with Gasteiger partial charge in [0.05, 0.1) is 17.1 Å². The molecule has 0 radical (unpaired) electrons. The predicted molar refractivity (Wildman–Crippen MR) is 98.0 cm³/mol. The molecule has 4 rings (SSSR count). The highest BCUT2D eigenvalue weighted by Gasteiger charge is 2.23. The minimum absolute atomic E-state index is 0.158. The Morgan fingerprint density at radius 1 is 1.25 bits per heavy atom. The van der Waals surface area contributed by atoms with Crippen LogP contribution < -0.4 is 0 Å². The third-order valence-electron chi connectivity index (χ3n) is 4.46. The summed E-state index contributed by atoms with van der Waals surface area (Å²) >= 11 is 7.50. The van der Waals surface area contributed by atoms with Crippen LogP contribution in [0.25, 0.3) is 10.2 Å². The average Bonchev–Trinajstić information content (AvgIpc) is 3.29. The number of thiophene rings is 1. The standard InChI is InChI=1S/C18H18ClN3OS/c1-12-15-10-16(17(23)21-8-2-3-9-21)24-18(15)22(20-12)11-13-4-6-14(19)7-5-13/h4-7,10H,2-3,8-9,11H2,1H3. The number of aromatic nitrogens is 2. The molecule has 0 atom stereocenters. The first-order chi connectivity index (χ1) is 11.6. The van der Waals surface area contributed by atoms with E-state index in [1.54, 1.807) is 11.3 Å². The van der Waals surface area contributed by atoms with Crippen LogP contribution in [0.4, 0.5) is 0 Å². The quantitative estimate of drug-likeness (QED) is 0.697. The van der Waals surface area contributed by atoms with Crippen LogP contribution in [-0.2, 0) is 6.54 Å². The summed E-state index contributed by atoms with van der Waals surface area (Å²) in [6.45, 7) is 4.43. The molecule has 6 heteroatoms. The maximum Gasteiger partial charge on any atom is 0.264 e.